The number of piperazine rings is 1. The Balaban J connectivity index is 2.07. The molecular weight excluding hydrogens is 228 g/mol. The van der Waals surface area contributed by atoms with Crippen LogP contribution in [0.25, 0.3) is 0 Å². The summed E-state index contributed by atoms with van der Waals surface area (Å²) < 4.78 is 0. The van der Waals surface area contributed by atoms with Crippen LogP contribution >= 0.6 is 0 Å². The Morgan fingerprint density at radius 2 is 1.89 bits per heavy atom. The smallest absolute Gasteiger partial charge is 0.223 e. The average molecular weight is 250 g/mol. The van der Waals surface area contributed by atoms with Gasteiger partial charge in [-0.2, -0.15) is 9.97 Å². The van der Waals surface area contributed by atoms with Crippen LogP contribution < -0.4 is 16.0 Å². The van der Waals surface area contributed by atoms with E-state index < -0.39 is 0 Å². The Bertz CT molecular complexity index is 398. The highest BCUT2D eigenvalue weighted by Crippen LogP contribution is 2.18. The summed E-state index contributed by atoms with van der Waals surface area (Å²) >= 11 is 0. The molecule has 0 aliphatic carbocycles. The molecule has 0 atom stereocenters. The van der Waals surface area contributed by atoms with Gasteiger partial charge in [0.1, 0.15) is 11.6 Å². The monoisotopic (exact) mass is 250 g/mol. The van der Waals surface area contributed by atoms with Crippen molar-refractivity contribution < 1.29 is 0 Å². The first-order chi connectivity index (χ1) is 8.60. The quantitative estimate of drug-likeness (QED) is 0.820. The van der Waals surface area contributed by atoms with Gasteiger partial charge >= 0.3 is 0 Å². The number of aromatic nitrogens is 2. The Morgan fingerprint density at radius 1 is 1.22 bits per heavy atom. The van der Waals surface area contributed by atoms with Gasteiger partial charge in [-0.15, -0.1) is 0 Å². The Hall–Kier alpha value is -1.56. The number of anilines is 3. The second-order valence-corrected chi connectivity index (χ2v) is 4.84. The van der Waals surface area contributed by atoms with E-state index >= 15 is 0 Å². The number of hydrogen-bond acceptors (Lipinski definition) is 6. The van der Waals surface area contributed by atoms with Gasteiger partial charge in [0.05, 0.1) is 0 Å². The minimum Gasteiger partial charge on any atom is -0.373 e. The summed E-state index contributed by atoms with van der Waals surface area (Å²) in [7, 11) is 1.84. The molecule has 0 amide bonds. The van der Waals surface area contributed by atoms with Crippen molar-refractivity contribution in [1.29, 1.82) is 0 Å². The molecule has 100 valence electrons. The fourth-order valence-corrected chi connectivity index (χ4v) is 2.21. The molecule has 0 spiro atoms. The molecule has 0 radical (unpaired) electrons. The first kappa shape index (κ1) is 12.9. The van der Waals surface area contributed by atoms with Crippen molar-refractivity contribution in [3.8, 4) is 0 Å². The van der Waals surface area contributed by atoms with Crippen LogP contribution in [0.1, 0.15) is 13.8 Å². The molecule has 6 nitrogen and oxygen atoms in total. The van der Waals surface area contributed by atoms with E-state index in [9.17, 15) is 0 Å². The maximum Gasteiger partial charge on any atom is 0.223 e. The summed E-state index contributed by atoms with van der Waals surface area (Å²) in [5.41, 5.74) is 5.72. The lowest BCUT2D eigenvalue weighted by Crippen LogP contribution is -2.49. The van der Waals surface area contributed by atoms with Crippen molar-refractivity contribution in [2.45, 2.75) is 19.9 Å². The zero-order valence-corrected chi connectivity index (χ0v) is 11.3. The van der Waals surface area contributed by atoms with E-state index in [1.807, 2.05) is 13.1 Å². The third-order valence-electron chi connectivity index (χ3n) is 3.35. The molecule has 2 rings (SSSR count). The second kappa shape index (κ2) is 5.39. The molecule has 1 fully saturated rings. The van der Waals surface area contributed by atoms with E-state index in [-0.39, 0.29) is 0 Å². The number of nitrogens with zero attached hydrogens (tertiary/aromatic N) is 4. The fraction of sp³-hybridized carbons (Fsp3) is 0.667. The number of nitrogen functional groups attached to an aromatic ring is 1. The number of rotatable bonds is 3. The van der Waals surface area contributed by atoms with Gasteiger partial charge in [0.25, 0.3) is 0 Å². The molecule has 6 heteroatoms. The Kier molecular flexibility index (Phi) is 3.86. The van der Waals surface area contributed by atoms with Crippen LogP contribution in [-0.4, -0.2) is 54.1 Å². The van der Waals surface area contributed by atoms with E-state index in [0.717, 1.165) is 37.8 Å². The predicted molar refractivity (Wildman–Crippen MR) is 74.9 cm³/mol. The van der Waals surface area contributed by atoms with E-state index in [1.165, 1.54) is 0 Å². The summed E-state index contributed by atoms with van der Waals surface area (Å²) in [5.74, 6) is 2.00. The van der Waals surface area contributed by atoms with E-state index in [4.69, 9.17) is 5.73 Å². The van der Waals surface area contributed by atoms with Crippen LogP contribution in [0.15, 0.2) is 6.07 Å². The summed E-state index contributed by atoms with van der Waals surface area (Å²) in [6.45, 7) is 8.57. The van der Waals surface area contributed by atoms with E-state index in [2.05, 4.69) is 38.9 Å². The van der Waals surface area contributed by atoms with Gasteiger partial charge in [0.15, 0.2) is 0 Å². The van der Waals surface area contributed by atoms with E-state index in [1.54, 1.807) is 0 Å². The predicted octanol–water partition coefficient (Wildman–Crippen LogP) is 0.631. The molecule has 1 aromatic rings. The summed E-state index contributed by atoms with van der Waals surface area (Å²) in [6.07, 6.45) is 0. The van der Waals surface area contributed by atoms with Gasteiger partial charge in [-0.05, 0) is 13.8 Å². The number of nitrogens with one attached hydrogen (secondary N) is 1. The second-order valence-electron chi connectivity index (χ2n) is 4.84. The molecule has 0 aromatic carbocycles. The van der Waals surface area contributed by atoms with Gasteiger partial charge < -0.3 is 16.0 Å². The van der Waals surface area contributed by atoms with Crippen molar-refractivity contribution in [3.05, 3.63) is 6.07 Å². The average Bonchev–Trinajstić information content (AvgIpc) is 2.38. The lowest BCUT2D eigenvalue weighted by Gasteiger charge is -2.37. The van der Waals surface area contributed by atoms with Crippen LogP contribution in [0.4, 0.5) is 17.6 Å². The first-order valence-electron chi connectivity index (χ1n) is 6.41. The minimum atomic E-state index is 0.322. The lowest BCUT2D eigenvalue weighted by molar-refractivity contribution is 0.209. The number of nitrogens with two attached hydrogens (primary N) is 1. The van der Waals surface area contributed by atoms with Crippen LogP contribution in [0, 0.1) is 0 Å². The molecule has 18 heavy (non-hydrogen) atoms. The maximum atomic E-state index is 5.72. The van der Waals surface area contributed by atoms with Gasteiger partial charge in [0.2, 0.25) is 5.95 Å². The fourth-order valence-electron chi connectivity index (χ4n) is 2.21. The maximum absolute atomic E-state index is 5.72. The Labute approximate surface area is 108 Å². The van der Waals surface area contributed by atoms with Crippen molar-refractivity contribution in [3.63, 3.8) is 0 Å². The largest absolute Gasteiger partial charge is 0.373 e. The Morgan fingerprint density at radius 3 is 2.44 bits per heavy atom. The van der Waals surface area contributed by atoms with Crippen molar-refractivity contribution in [2.24, 2.45) is 0 Å². The molecule has 1 aliphatic rings. The van der Waals surface area contributed by atoms with E-state index in [0.29, 0.717) is 12.0 Å². The normalized spacial score (nSPS) is 17.2. The summed E-state index contributed by atoms with van der Waals surface area (Å²) in [5, 5.41) is 3.01. The standard InChI is InChI=1S/C12H22N6/c1-9(2)17-4-6-18(7-5-17)11-8-10(14-3)15-12(13)16-11/h8-9H,4-7H2,1-3H3,(H3,13,14,15,16). The van der Waals surface area contributed by atoms with Crippen LogP contribution in [0.3, 0.4) is 0 Å². The summed E-state index contributed by atoms with van der Waals surface area (Å²) in [6, 6.07) is 2.55. The lowest BCUT2D eigenvalue weighted by atomic mass is 10.2. The third-order valence-corrected chi connectivity index (χ3v) is 3.35. The van der Waals surface area contributed by atoms with Gasteiger partial charge in [-0.25, -0.2) is 0 Å². The zero-order chi connectivity index (χ0) is 13.1. The highest BCUT2D eigenvalue weighted by molar-refractivity contribution is 5.52. The van der Waals surface area contributed by atoms with Gasteiger partial charge in [-0.1, -0.05) is 0 Å². The van der Waals surface area contributed by atoms with Crippen LogP contribution in [-0.2, 0) is 0 Å². The highest BCUT2D eigenvalue weighted by atomic mass is 15.3. The van der Waals surface area contributed by atoms with Gasteiger partial charge in [-0.3, -0.25) is 4.90 Å². The number of hydrogen-bond donors (Lipinski definition) is 2. The molecule has 2 heterocycles. The SMILES string of the molecule is CNc1cc(N2CCN(C(C)C)CC2)nc(N)n1. The zero-order valence-electron chi connectivity index (χ0n) is 11.3. The van der Waals surface area contributed by atoms with Crippen molar-refractivity contribution in [1.82, 2.24) is 14.9 Å². The molecule has 1 aliphatic heterocycles. The molecule has 1 saturated heterocycles. The molecule has 0 saturated carbocycles. The van der Waals surface area contributed by atoms with Crippen LogP contribution in [0.5, 0.6) is 0 Å². The molecular formula is C12H22N6. The highest BCUT2D eigenvalue weighted by Gasteiger charge is 2.20. The third kappa shape index (κ3) is 2.81. The minimum absolute atomic E-state index is 0.322. The van der Waals surface area contributed by atoms with Crippen LogP contribution in [0.2, 0.25) is 0 Å². The van der Waals surface area contributed by atoms with Crippen molar-refractivity contribution in [2.75, 3.05) is 49.2 Å². The topological polar surface area (TPSA) is 70.3 Å². The van der Waals surface area contributed by atoms with Gasteiger partial charge in [0, 0.05) is 45.3 Å². The molecule has 0 bridgehead atoms. The molecule has 3 N–H and O–H groups in total. The van der Waals surface area contributed by atoms with Crippen molar-refractivity contribution >= 4 is 17.6 Å². The first-order valence-corrected chi connectivity index (χ1v) is 6.41. The molecule has 1 aromatic heterocycles. The summed E-state index contributed by atoms with van der Waals surface area (Å²) in [4.78, 5) is 13.2. The molecule has 0 unspecified atom stereocenters.